The first-order valence-corrected chi connectivity index (χ1v) is 16.4. The first-order valence-electron chi connectivity index (χ1n) is 16.4. The fourth-order valence-corrected chi connectivity index (χ4v) is 5.47. The average molecular weight is 781 g/mol. The monoisotopic (exact) mass is 780 g/mol. The molecule has 0 aliphatic heterocycles. The third kappa shape index (κ3) is 10.6. The lowest BCUT2D eigenvalue weighted by Crippen LogP contribution is -2.17. The lowest BCUT2D eigenvalue weighted by molar-refractivity contribution is -0.275. The number of esters is 1. The second-order valence-electron chi connectivity index (χ2n) is 12.6. The van der Waals surface area contributed by atoms with Gasteiger partial charge in [0.05, 0.1) is 21.3 Å². The molecule has 2 heterocycles. The van der Waals surface area contributed by atoms with Crippen LogP contribution in [0.5, 0.6) is 46.0 Å². The molecule has 2 aliphatic rings. The Bertz CT molecular complexity index is 2040. The molecule has 294 valence electrons. The van der Waals surface area contributed by atoms with Crippen LogP contribution in [0.3, 0.4) is 0 Å². The molecule has 1 N–H and O–H groups in total. The molecule has 12 nitrogen and oxygen atoms in total. The van der Waals surface area contributed by atoms with Gasteiger partial charge in [-0.3, -0.25) is 9.97 Å². The number of hydrogen-bond acceptors (Lipinski definition) is 11. The number of nitrogens with zero attached hydrogens (tertiary/aromatic N) is 2. The van der Waals surface area contributed by atoms with Gasteiger partial charge >= 0.3 is 24.7 Å². The quantitative estimate of drug-likeness (QED) is 0.108. The van der Waals surface area contributed by atoms with E-state index in [0.717, 1.165) is 42.8 Å². The number of carboxylic acid groups (broad SMARTS) is 1. The molecule has 2 aromatic carbocycles. The Kier molecular flexibility index (Phi) is 11.9. The van der Waals surface area contributed by atoms with Gasteiger partial charge in [-0.1, -0.05) is 13.8 Å². The van der Waals surface area contributed by atoms with Crippen LogP contribution in [0.4, 0.5) is 26.3 Å². The predicted molar refractivity (Wildman–Crippen MR) is 179 cm³/mol. The van der Waals surface area contributed by atoms with Gasteiger partial charge in [0.1, 0.15) is 34.1 Å². The maximum atomic E-state index is 12.4. The van der Waals surface area contributed by atoms with Crippen LogP contribution in [0, 0.1) is 11.8 Å². The molecular formula is C37H34F6N2O10. The molecule has 0 saturated heterocycles. The Morgan fingerprint density at radius 3 is 1.38 bits per heavy atom. The smallest absolute Gasteiger partial charge is 0.493 e. The summed E-state index contributed by atoms with van der Waals surface area (Å²) in [4.78, 5) is 32.0. The highest BCUT2D eigenvalue weighted by Gasteiger charge is 2.37. The molecule has 4 aromatic rings. The number of hydrogen-bond donors (Lipinski definition) is 1. The van der Waals surface area contributed by atoms with E-state index < -0.39 is 36.2 Å². The Morgan fingerprint density at radius 2 is 1.04 bits per heavy atom. The Hall–Kier alpha value is -5.94. The summed E-state index contributed by atoms with van der Waals surface area (Å²) in [6.45, 7) is 4.14. The number of ether oxygens (including phenoxy) is 7. The first-order chi connectivity index (χ1) is 25.9. The van der Waals surface area contributed by atoms with Crippen molar-refractivity contribution in [1.82, 2.24) is 9.97 Å². The van der Waals surface area contributed by atoms with E-state index in [1.165, 1.54) is 51.9 Å². The molecule has 0 radical (unpaired) electrons. The van der Waals surface area contributed by atoms with Crippen molar-refractivity contribution in [3.63, 3.8) is 0 Å². The second kappa shape index (κ2) is 16.2. The zero-order valence-corrected chi connectivity index (χ0v) is 29.8. The van der Waals surface area contributed by atoms with E-state index in [1.54, 1.807) is 6.07 Å². The number of benzene rings is 2. The Labute approximate surface area is 309 Å². The van der Waals surface area contributed by atoms with Crippen LogP contribution >= 0.6 is 0 Å². The van der Waals surface area contributed by atoms with Crippen LogP contribution in [0.25, 0.3) is 0 Å². The molecule has 2 aromatic heterocycles. The lowest BCUT2D eigenvalue weighted by Gasteiger charge is -2.15. The number of carboxylic acids is 1. The molecule has 4 atom stereocenters. The van der Waals surface area contributed by atoms with Crippen molar-refractivity contribution in [2.45, 2.75) is 51.2 Å². The number of pyridine rings is 2. The second-order valence-corrected chi connectivity index (χ2v) is 12.6. The van der Waals surface area contributed by atoms with Gasteiger partial charge in [-0.25, -0.2) is 9.59 Å². The standard InChI is InChI=1S/C19H18F3NO5.C18H16F3NO5/c1-10-6-12(10)14-8-16(13(9-23-14)18(24)26-3)27-15-5-4-11(7-17(15)25-2)28-19(20,21)22;1-9-5-11(9)13-7-15(12(8-22-13)17(23)24)26-14-4-3-10(6-16(14)25-2)27-18(19,20)21/h4-5,7-10,12H,6H2,1-3H3;3-4,6-9,11H,5H2,1-2H3,(H,23,24)/t10-,12?;9-,11?/m00/s1. The summed E-state index contributed by atoms with van der Waals surface area (Å²) in [5, 5.41) is 9.34. The highest BCUT2D eigenvalue weighted by atomic mass is 19.4. The maximum Gasteiger partial charge on any atom is 0.573 e. The highest BCUT2D eigenvalue weighted by molar-refractivity contribution is 5.92. The molecule has 0 amide bonds. The van der Waals surface area contributed by atoms with Gasteiger partial charge < -0.3 is 38.3 Å². The largest absolute Gasteiger partial charge is 0.573 e. The number of rotatable bonds is 12. The molecule has 6 rings (SSSR count). The van der Waals surface area contributed by atoms with E-state index in [4.69, 9.17) is 23.7 Å². The van der Waals surface area contributed by atoms with E-state index >= 15 is 0 Å². The molecular weight excluding hydrogens is 746 g/mol. The van der Waals surface area contributed by atoms with Crippen molar-refractivity contribution >= 4 is 11.9 Å². The van der Waals surface area contributed by atoms with Gasteiger partial charge in [0.15, 0.2) is 23.0 Å². The number of halogens is 6. The number of aromatic nitrogens is 2. The summed E-state index contributed by atoms with van der Waals surface area (Å²) in [5.74, 6) is -1.00. The van der Waals surface area contributed by atoms with Crippen molar-refractivity contribution in [2.24, 2.45) is 11.8 Å². The van der Waals surface area contributed by atoms with Crippen LogP contribution in [-0.4, -0.2) is 61.1 Å². The number of carbonyl (C=O) groups excluding carboxylic acids is 1. The van der Waals surface area contributed by atoms with Gasteiger partial charge in [-0.05, 0) is 48.9 Å². The lowest BCUT2D eigenvalue weighted by atomic mass is 10.1. The van der Waals surface area contributed by atoms with Gasteiger partial charge in [-0.2, -0.15) is 0 Å². The molecule has 0 spiro atoms. The molecule has 2 aliphatic carbocycles. The van der Waals surface area contributed by atoms with Crippen molar-refractivity contribution in [3.05, 3.63) is 83.4 Å². The van der Waals surface area contributed by atoms with Gasteiger partial charge in [0.25, 0.3) is 0 Å². The number of carbonyl (C=O) groups is 2. The van der Waals surface area contributed by atoms with E-state index in [9.17, 15) is 41.0 Å². The van der Waals surface area contributed by atoms with E-state index in [0.29, 0.717) is 17.5 Å². The van der Waals surface area contributed by atoms with Crippen LogP contribution in [0.1, 0.15) is 70.6 Å². The Morgan fingerprint density at radius 1 is 0.636 bits per heavy atom. The van der Waals surface area contributed by atoms with Crippen molar-refractivity contribution in [2.75, 3.05) is 21.3 Å². The summed E-state index contributed by atoms with van der Waals surface area (Å²) < 4.78 is 108. The molecule has 18 heteroatoms. The van der Waals surface area contributed by atoms with Gasteiger partial charge in [-0.15, -0.1) is 26.3 Å². The number of aromatic carboxylic acids is 1. The van der Waals surface area contributed by atoms with Crippen LogP contribution in [-0.2, 0) is 4.74 Å². The SMILES string of the molecule is COC(=O)c1cnc(C2C[C@@H]2C)cc1Oc1ccc(OC(F)(F)F)cc1OC.COc1cc(OC(F)(F)F)ccc1Oc1cc(C2C[C@@H]2C)ncc1C(=O)O. The minimum Gasteiger partial charge on any atom is -0.493 e. The average Bonchev–Trinajstić information content (AvgIpc) is 4.04. The fourth-order valence-electron chi connectivity index (χ4n) is 5.47. The number of methoxy groups -OCH3 is 3. The third-order valence-corrected chi connectivity index (χ3v) is 8.57. The van der Waals surface area contributed by atoms with Crippen molar-refractivity contribution in [3.8, 4) is 46.0 Å². The fraction of sp³-hybridized carbons (Fsp3) is 0.351. The van der Waals surface area contributed by atoms with E-state index in [2.05, 4.69) is 33.3 Å². The minimum absolute atomic E-state index is 0.00992. The molecule has 55 heavy (non-hydrogen) atoms. The molecule has 2 unspecified atom stereocenters. The first kappa shape index (κ1) is 40.2. The zero-order chi connectivity index (χ0) is 40.2. The van der Waals surface area contributed by atoms with Crippen molar-refractivity contribution in [1.29, 1.82) is 0 Å². The van der Waals surface area contributed by atoms with Crippen LogP contribution in [0.2, 0.25) is 0 Å². The van der Waals surface area contributed by atoms with Gasteiger partial charge in [0.2, 0.25) is 0 Å². The van der Waals surface area contributed by atoms with Crippen LogP contribution in [0.15, 0.2) is 60.9 Å². The molecule has 2 fully saturated rings. The van der Waals surface area contributed by atoms with E-state index in [-0.39, 0.29) is 57.5 Å². The Balaban J connectivity index is 0.000000211. The van der Waals surface area contributed by atoms with Crippen LogP contribution < -0.4 is 28.4 Å². The topological polar surface area (TPSA) is 145 Å². The maximum absolute atomic E-state index is 12.4. The molecule has 2 saturated carbocycles. The summed E-state index contributed by atoms with van der Waals surface area (Å²) in [5.41, 5.74) is 1.41. The normalized spacial score (nSPS) is 18.5. The minimum atomic E-state index is -4.84. The summed E-state index contributed by atoms with van der Waals surface area (Å²) >= 11 is 0. The zero-order valence-electron chi connectivity index (χ0n) is 29.8. The summed E-state index contributed by atoms with van der Waals surface area (Å²) in [7, 11) is 3.76. The summed E-state index contributed by atoms with van der Waals surface area (Å²) in [6.07, 6.45) is -5.15. The van der Waals surface area contributed by atoms with Crippen molar-refractivity contribution < 1.29 is 74.2 Å². The molecule has 0 bridgehead atoms. The van der Waals surface area contributed by atoms with Gasteiger partial charge in [0, 0.05) is 59.9 Å². The predicted octanol–water partition coefficient (Wildman–Crippen LogP) is 9.29. The number of alkyl halides is 6. The van der Waals surface area contributed by atoms with E-state index in [1.807, 2.05) is 0 Å². The summed E-state index contributed by atoms with van der Waals surface area (Å²) in [6, 6.07) is 9.86. The third-order valence-electron chi connectivity index (χ3n) is 8.57. The highest BCUT2D eigenvalue weighted by Crippen LogP contribution is 2.49.